The van der Waals surface area contributed by atoms with Gasteiger partial charge in [0.1, 0.15) is 12.2 Å². The zero-order valence-electron chi connectivity index (χ0n) is 8.61. The average molecular weight is 209 g/mol. The molecule has 1 fully saturated rings. The van der Waals surface area contributed by atoms with Crippen LogP contribution in [0.2, 0.25) is 0 Å². The van der Waals surface area contributed by atoms with E-state index < -0.39 is 5.97 Å². The number of rotatable bonds is 3. The van der Waals surface area contributed by atoms with Gasteiger partial charge >= 0.3 is 5.97 Å². The van der Waals surface area contributed by atoms with Crippen LogP contribution in [-0.4, -0.2) is 16.2 Å². The van der Waals surface area contributed by atoms with E-state index in [4.69, 9.17) is 9.63 Å². The summed E-state index contributed by atoms with van der Waals surface area (Å²) in [6, 6.07) is 1.80. The van der Waals surface area contributed by atoms with Gasteiger partial charge in [0.15, 0.2) is 0 Å². The first kappa shape index (κ1) is 10.2. The molecule has 1 saturated carbocycles. The third-order valence-electron chi connectivity index (χ3n) is 2.93. The molecule has 0 saturated heterocycles. The summed E-state index contributed by atoms with van der Waals surface area (Å²) in [5.74, 6) is 0.0643. The molecule has 2 rings (SSSR count). The van der Waals surface area contributed by atoms with Crippen LogP contribution in [-0.2, 0) is 11.2 Å². The number of nitrogens with zero attached hydrogens (tertiary/aromatic N) is 1. The van der Waals surface area contributed by atoms with Gasteiger partial charge in [0.05, 0.1) is 5.69 Å². The highest BCUT2D eigenvalue weighted by Gasteiger charge is 2.19. The maximum Gasteiger partial charge on any atom is 0.311 e. The van der Waals surface area contributed by atoms with Crippen LogP contribution >= 0.6 is 0 Å². The molecular weight excluding hydrogens is 194 g/mol. The Hall–Kier alpha value is -1.32. The standard InChI is InChI=1S/C11H15NO3/c13-11(14)7-9-6-10(12-15-9)8-4-2-1-3-5-8/h6,8H,1-5,7H2,(H,13,14). The van der Waals surface area contributed by atoms with Crippen LogP contribution in [0.25, 0.3) is 0 Å². The first-order valence-corrected chi connectivity index (χ1v) is 5.43. The molecule has 0 aromatic carbocycles. The fourth-order valence-corrected chi connectivity index (χ4v) is 2.15. The van der Waals surface area contributed by atoms with Crippen LogP contribution in [0.3, 0.4) is 0 Å². The molecule has 1 aromatic rings. The van der Waals surface area contributed by atoms with Crippen molar-refractivity contribution in [3.8, 4) is 0 Å². The van der Waals surface area contributed by atoms with E-state index in [1.165, 1.54) is 19.3 Å². The van der Waals surface area contributed by atoms with Crippen LogP contribution in [0.5, 0.6) is 0 Å². The van der Waals surface area contributed by atoms with Crippen molar-refractivity contribution in [1.29, 1.82) is 0 Å². The van der Waals surface area contributed by atoms with Crippen LogP contribution in [0.15, 0.2) is 10.6 Å². The normalized spacial score (nSPS) is 17.9. The third kappa shape index (κ3) is 2.58. The molecule has 0 unspecified atom stereocenters. The molecule has 0 atom stereocenters. The summed E-state index contributed by atoms with van der Waals surface area (Å²) in [7, 11) is 0. The van der Waals surface area contributed by atoms with Gasteiger partial charge in [0.25, 0.3) is 0 Å². The Morgan fingerprint density at radius 3 is 2.87 bits per heavy atom. The SMILES string of the molecule is O=C(O)Cc1cc(C2CCCCC2)no1. The summed E-state index contributed by atoms with van der Waals surface area (Å²) in [5, 5.41) is 12.6. The molecule has 4 heteroatoms. The van der Waals surface area contributed by atoms with E-state index in [0.717, 1.165) is 18.5 Å². The number of carboxylic acid groups (broad SMARTS) is 1. The lowest BCUT2D eigenvalue weighted by Gasteiger charge is -2.18. The second kappa shape index (κ2) is 4.47. The van der Waals surface area contributed by atoms with E-state index in [-0.39, 0.29) is 6.42 Å². The Balaban J connectivity index is 2.02. The number of hydrogen-bond acceptors (Lipinski definition) is 3. The number of carboxylic acids is 1. The zero-order valence-corrected chi connectivity index (χ0v) is 8.61. The maximum absolute atomic E-state index is 10.5. The van der Waals surface area contributed by atoms with E-state index in [9.17, 15) is 4.79 Å². The van der Waals surface area contributed by atoms with Crippen molar-refractivity contribution in [2.45, 2.75) is 44.4 Å². The summed E-state index contributed by atoms with van der Waals surface area (Å²) in [5.41, 5.74) is 0.936. The molecule has 0 spiro atoms. The lowest BCUT2D eigenvalue weighted by atomic mass is 9.87. The second-order valence-electron chi connectivity index (χ2n) is 4.12. The van der Waals surface area contributed by atoms with Gasteiger partial charge in [-0.25, -0.2) is 0 Å². The molecule has 0 amide bonds. The Morgan fingerprint density at radius 2 is 2.20 bits per heavy atom. The van der Waals surface area contributed by atoms with Crippen LogP contribution in [0.1, 0.15) is 49.5 Å². The number of aliphatic carboxylic acids is 1. The highest BCUT2D eigenvalue weighted by atomic mass is 16.5. The minimum atomic E-state index is -0.874. The van der Waals surface area contributed by atoms with Crippen LogP contribution < -0.4 is 0 Å². The molecule has 4 nitrogen and oxygen atoms in total. The second-order valence-corrected chi connectivity index (χ2v) is 4.12. The molecule has 0 bridgehead atoms. The highest BCUT2D eigenvalue weighted by Crippen LogP contribution is 2.32. The van der Waals surface area contributed by atoms with Gasteiger partial charge in [-0.1, -0.05) is 24.4 Å². The summed E-state index contributed by atoms with van der Waals surface area (Å²) >= 11 is 0. The van der Waals surface area contributed by atoms with Gasteiger partial charge in [-0.3, -0.25) is 4.79 Å². The number of hydrogen-bond donors (Lipinski definition) is 1. The molecule has 1 heterocycles. The smallest absolute Gasteiger partial charge is 0.311 e. The van der Waals surface area contributed by atoms with Gasteiger partial charge in [-0.05, 0) is 12.8 Å². The van der Waals surface area contributed by atoms with Crippen molar-refractivity contribution in [2.75, 3.05) is 0 Å². The first-order valence-electron chi connectivity index (χ1n) is 5.43. The molecule has 15 heavy (non-hydrogen) atoms. The monoisotopic (exact) mass is 209 g/mol. The Kier molecular flexibility index (Phi) is 3.04. The molecular formula is C11H15NO3. The van der Waals surface area contributed by atoms with Crippen LogP contribution in [0.4, 0.5) is 0 Å². The van der Waals surface area contributed by atoms with E-state index >= 15 is 0 Å². The molecule has 0 aliphatic heterocycles. The molecule has 1 aliphatic carbocycles. The Labute approximate surface area is 88.3 Å². The lowest BCUT2D eigenvalue weighted by molar-refractivity contribution is -0.136. The fraction of sp³-hybridized carbons (Fsp3) is 0.636. The minimum absolute atomic E-state index is 0.0697. The molecule has 1 N–H and O–H groups in total. The Bertz CT molecular complexity index is 339. The van der Waals surface area contributed by atoms with E-state index in [1.807, 2.05) is 0 Å². The predicted molar refractivity (Wildman–Crippen MR) is 53.7 cm³/mol. The summed E-state index contributed by atoms with van der Waals surface area (Å²) in [6.45, 7) is 0. The number of carbonyl (C=O) groups is 1. The maximum atomic E-state index is 10.5. The minimum Gasteiger partial charge on any atom is -0.481 e. The lowest BCUT2D eigenvalue weighted by Crippen LogP contribution is -2.04. The van der Waals surface area contributed by atoms with Crippen molar-refractivity contribution in [2.24, 2.45) is 0 Å². The Morgan fingerprint density at radius 1 is 1.47 bits per heavy atom. The van der Waals surface area contributed by atoms with E-state index in [0.29, 0.717) is 11.7 Å². The van der Waals surface area contributed by atoms with Crippen molar-refractivity contribution in [3.05, 3.63) is 17.5 Å². The van der Waals surface area contributed by atoms with Gasteiger partial charge in [0, 0.05) is 12.0 Å². The molecule has 1 aliphatic rings. The van der Waals surface area contributed by atoms with Crippen molar-refractivity contribution < 1.29 is 14.4 Å². The van der Waals surface area contributed by atoms with Crippen LogP contribution in [0, 0.1) is 0 Å². The first-order chi connectivity index (χ1) is 7.25. The highest BCUT2D eigenvalue weighted by molar-refractivity contribution is 5.69. The average Bonchev–Trinajstić information content (AvgIpc) is 2.67. The number of aromatic nitrogens is 1. The van der Waals surface area contributed by atoms with Crippen molar-refractivity contribution in [3.63, 3.8) is 0 Å². The van der Waals surface area contributed by atoms with E-state index in [1.54, 1.807) is 6.07 Å². The van der Waals surface area contributed by atoms with Crippen molar-refractivity contribution >= 4 is 5.97 Å². The van der Waals surface area contributed by atoms with E-state index in [2.05, 4.69) is 5.16 Å². The molecule has 1 aromatic heterocycles. The molecule has 82 valence electrons. The summed E-state index contributed by atoms with van der Waals surface area (Å²) in [4.78, 5) is 10.5. The largest absolute Gasteiger partial charge is 0.481 e. The third-order valence-corrected chi connectivity index (χ3v) is 2.93. The van der Waals surface area contributed by atoms with Gasteiger partial charge in [-0.15, -0.1) is 0 Å². The quantitative estimate of drug-likeness (QED) is 0.829. The van der Waals surface area contributed by atoms with Gasteiger partial charge in [0.2, 0.25) is 0 Å². The molecule has 0 radical (unpaired) electrons. The zero-order chi connectivity index (χ0) is 10.7. The summed E-state index contributed by atoms with van der Waals surface area (Å²) < 4.78 is 5.00. The van der Waals surface area contributed by atoms with Crippen molar-refractivity contribution in [1.82, 2.24) is 5.16 Å². The van der Waals surface area contributed by atoms with Gasteiger partial charge in [-0.2, -0.15) is 0 Å². The van der Waals surface area contributed by atoms with Gasteiger partial charge < -0.3 is 9.63 Å². The predicted octanol–water partition coefficient (Wildman–Crippen LogP) is 2.35. The summed E-state index contributed by atoms with van der Waals surface area (Å²) in [6.07, 6.45) is 6.02. The fourth-order valence-electron chi connectivity index (χ4n) is 2.15. The topological polar surface area (TPSA) is 63.3 Å².